The number of aliphatic imine (C=N–C) groups is 1. The van der Waals surface area contributed by atoms with Crippen LogP contribution in [0.3, 0.4) is 0 Å². The zero-order valence-corrected chi connectivity index (χ0v) is 15.4. The van der Waals surface area contributed by atoms with Crippen LogP contribution in [0.2, 0.25) is 0 Å². The Balaban J connectivity index is 1.87. The van der Waals surface area contributed by atoms with Crippen molar-refractivity contribution in [2.45, 2.75) is 4.90 Å². The number of hydrogen-bond donors (Lipinski definition) is 0. The van der Waals surface area contributed by atoms with E-state index in [4.69, 9.17) is 9.47 Å². The maximum Gasteiger partial charge on any atom is 0.243 e. The van der Waals surface area contributed by atoms with Crippen LogP contribution in [0.5, 0.6) is 5.75 Å². The second-order valence-corrected chi connectivity index (χ2v) is 7.72. The Hall–Kier alpha value is -2.36. The van der Waals surface area contributed by atoms with Crippen molar-refractivity contribution in [2.24, 2.45) is 4.99 Å². The number of ether oxygens (including phenoxy) is 2. The third-order valence-electron chi connectivity index (χ3n) is 4.06. The summed E-state index contributed by atoms with van der Waals surface area (Å²) in [6.45, 7) is 1.29. The highest BCUT2D eigenvalue weighted by molar-refractivity contribution is 7.89. The van der Waals surface area contributed by atoms with E-state index in [1.54, 1.807) is 0 Å². The number of methoxy groups -OCH3 is 1. The van der Waals surface area contributed by atoms with Crippen molar-refractivity contribution < 1.29 is 26.7 Å². The van der Waals surface area contributed by atoms with Gasteiger partial charge in [0, 0.05) is 25.4 Å². The number of benzene rings is 2. The topological polar surface area (TPSA) is 68.2 Å². The molecule has 0 bridgehead atoms. The van der Waals surface area contributed by atoms with Gasteiger partial charge in [0.25, 0.3) is 0 Å². The fourth-order valence-electron chi connectivity index (χ4n) is 2.60. The summed E-state index contributed by atoms with van der Waals surface area (Å²) in [7, 11) is -2.26. The third-order valence-corrected chi connectivity index (χ3v) is 5.95. The van der Waals surface area contributed by atoms with Crippen LogP contribution in [0, 0.1) is 11.6 Å². The molecule has 0 aromatic heterocycles. The Morgan fingerprint density at radius 2 is 1.85 bits per heavy atom. The van der Waals surface area contributed by atoms with E-state index in [-0.39, 0.29) is 10.6 Å². The van der Waals surface area contributed by atoms with E-state index < -0.39 is 21.7 Å². The normalized spacial score (nSPS) is 16.0. The number of morpholine rings is 1. The molecule has 6 nitrogen and oxygen atoms in total. The van der Waals surface area contributed by atoms with Crippen molar-refractivity contribution in [1.82, 2.24) is 4.31 Å². The molecule has 1 saturated heterocycles. The third kappa shape index (κ3) is 4.32. The number of sulfonamides is 1. The Labute approximate surface area is 156 Å². The Kier molecular flexibility index (Phi) is 5.83. The summed E-state index contributed by atoms with van der Waals surface area (Å²) in [5, 5.41) is 0. The van der Waals surface area contributed by atoms with Gasteiger partial charge >= 0.3 is 0 Å². The van der Waals surface area contributed by atoms with Crippen LogP contribution in [0.25, 0.3) is 0 Å². The number of nitrogens with zero attached hydrogens (tertiary/aromatic N) is 2. The molecule has 1 fully saturated rings. The second-order valence-electron chi connectivity index (χ2n) is 5.78. The molecule has 2 aromatic carbocycles. The van der Waals surface area contributed by atoms with E-state index in [9.17, 15) is 17.2 Å². The number of halogens is 2. The molecule has 27 heavy (non-hydrogen) atoms. The first-order valence-electron chi connectivity index (χ1n) is 8.17. The lowest BCUT2D eigenvalue weighted by molar-refractivity contribution is 0.0730. The molecule has 2 aromatic rings. The maximum atomic E-state index is 13.3. The fourth-order valence-corrected chi connectivity index (χ4v) is 4.02. The summed E-state index contributed by atoms with van der Waals surface area (Å²) in [4.78, 5) is 4.28. The molecule has 0 amide bonds. The molecule has 0 aliphatic carbocycles. The van der Waals surface area contributed by atoms with E-state index in [0.717, 1.165) is 12.1 Å². The SMILES string of the molecule is COc1cc(S(=O)(=O)N2CCOCC2)ccc1N=Cc1ccc(F)c(F)c1. The first-order chi connectivity index (χ1) is 12.9. The Morgan fingerprint density at radius 3 is 2.52 bits per heavy atom. The molecule has 0 unspecified atom stereocenters. The number of rotatable bonds is 5. The summed E-state index contributed by atoms with van der Waals surface area (Å²) in [5.41, 5.74) is 0.726. The van der Waals surface area contributed by atoms with Gasteiger partial charge in [-0.05, 0) is 29.8 Å². The summed E-state index contributed by atoms with van der Waals surface area (Å²) >= 11 is 0. The molecule has 0 spiro atoms. The highest BCUT2D eigenvalue weighted by Crippen LogP contribution is 2.31. The molecule has 1 aliphatic heterocycles. The van der Waals surface area contributed by atoms with E-state index in [0.29, 0.717) is 37.6 Å². The van der Waals surface area contributed by atoms with Gasteiger partial charge in [0.15, 0.2) is 11.6 Å². The molecule has 9 heteroatoms. The van der Waals surface area contributed by atoms with Gasteiger partial charge in [-0.15, -0.1) is 0 Å². The van der Waals surface area contributed by atoms with Crippen LogP contribution in [0.15, 0.2) is 46.3 Å². The fraction of sp³-hybridized carbons (Fsp3) is 0.278. The van der Waals surface area contributed by atoms with Crippen molar-refractivity contribution in [3.05, 3.63) is 53.6 Å². The zero-order chi connectivity index (χ0) is 19.4. The average molecular weight is 396 g/mol. The van der Waals surface area contributed by atoms with Crippen LogP contribution in [-0.2, 0) is 14.8 Å². The predicted molar refractivity (Wildman–Crippen MR) is 96.2 cm³/mol. The van der Waals surface area contributed by atoms with E-state index in [1.807, 2.05) is 0 Å². The summed E-state index contributed by atoms with van der Waals surface area (Å²) < 4.78 is 63.5. The van der Waals surface area contributed by atoms with Crippen LogP contribution >= 0.6 is 0 Å². The average Bonchev–Trinajstić information content (AvgIpc) is 2.69. The highest BCUT2D eigenvalue weighted by Gasteiger charge is 2.27. The lowest BCUT2D eigenvalue weighted by Crippen LogP contribution is -2.40. The molecular weight excluding hydrogens is 378 g/mol. The second kappa shape index (κ2) is 8.12. The van der Waals surface area contributed by atoms with Gasteiger partial charge in [-0.25, -0.2) is 17.2 Å². The van der Waals surface area contributed by atoms with Gasteiger partial charge in [-0.1, -0.05) is 6.07 Å². The number of hydrogen-bond acceptors (Lipinski definition) is 5. The summed E-state index contributed by atoms with van der Waals surface area (Å²) in [5.74, 6) is -1.66. The maximum absolute atomic E-state index is 13.3. The van der Waals surface area contributed by atoms with E-state index in [1.165, 1.54) is 41.9 Å². The quantitative estimate of drug-likeness (QED) is 0.729. The van der Waals surface area contributed by atoms with Gasteiger partial charge in [0.2, 0.25) is 10.0 Å². The monoisotopic (exact) mass is 396 g/mol. The van der Waals surface area contributed by atoms with E-state index >= 15 is 0 Å². The van der Waals surface area contributed by atoms with Gasteiger partial charge < -0.3 is 9.47 Å². The molecule has 0 atom stereocenters. The standard InChI is InChI=1S/C18H18F2N2O4S/c1-25-18-11-14(27(23,24)22-6-8-26-9-7-22)3-5-17(18)21-12-13-2-4-15(19)16(20)10-13/h2-5,10-12H,6-9H2,1H3. The lowest BCUT2D eigenvalue weighted by atomic mass is 10.2. The lowest BCUT2D eigenvalue weighted by Gasteiger charge is -2.26. The summed E-state index contributed by atoms with van der Waals surface area (Å²) in [6.07, 6.45) is 1.34. The van der Waals surface area contributed by atoms with Crippen molar-refractivity contribution >= 4 is 21.9 Å². The van der Waals surface area contributed by atoms with Gasteiger partial charge in [-0.3, -0.25) is 4.99 Å². The minimum absolute atomic E-state index is 0.0908. The molecule has 1 aliphatic rings. The van der Waals surface area contributed by atoms with Crippen LogP contribution in [0.1, 0.15) is 5.56 Å². The molecule has 0 N–H and O–H groups in total. The van der Waals surface area contributed by atoms with Gasteiger partial charge in [0.05, 0.1) is 25.2 Å². The molecule has 144 valence electrons. The van der Waals surface area contributed by atoms with E-state index in [2.05, 4.69) is 4.99 Å². The zero-order valence-electron chi connectivity index (χ0n) is 14.6. The smallest absolute Gasteiger partial charge is 0.243 e. The summed E-state index contributed by atoms with van der Waals surface area (Å²) in [6, 6.07) is 7.73. The first-order valence-corrected chi connectivity index (χ1v) is 9.61. The minimum atomic E-state index is -3.66. The van der Waals surface area contributed by atoms with Crippen LogP contribution in [-0.4, -0.2) is 52.4 Å². The Morgan fingerprint density at radius 1 is 1.11 bits per heavy atom. The van der Waals surface area contributed by atoms with Crippen LogP contribution < -0.4 is 4.74 Å². The van der Waals surface area contributed by atoms with Crippen molar-refractivity contribution in [1.29, 1.82) is 0 Å². The molecule has 3 rings (SSSR count). The largest absolute Gasteiger partial charge is 0.494 e. The molecule has 1 heterocycles. The van der Waals surface area contributed by atoms with Gasteiger partial charge in [-0.2, -0.15) is 4.31 Å². The van der Waals surface area contributed by atoms with Crippen LogP contribution in [0.4, 0.5) is 14.5 Å². The van der Waals surface area contributed by atoms with Gasteiger partial charge in [0.1, 0.15) is 11.4 Å². The minimum Gasteiger partial charge on any atom is -0.494 e. The molecule has 0 radical (unpaired) electrons. The first kappa shape index (κ1) is 19.4. The van der Waals surface area contributed by atoms with Crippen molar-refractivity contribution in [3.8, 4) is 5.75 Å². The molecular formula is C18H18F2N2O4S. The Bertz CT molecular complexity index is 958. The highest BCUT2D eigenvalue weighted by atomic mass is 32.2. The molecule has 0 saturated carbocycles. The predicted octanol–water partition coefficient (Wildman–Crippen LogP) is 2.74. The van der Waals surface area contributed by atoms with Crippen molar-refractivity contribution in [3.63, 3.8) is 0 Å². The van der Waals surface area contributed by atoms with Crippen molar-refractivity contribution in [2.75, 3.05) is 33.4 Å².